The zero-order chi connectivity index (χ0) is 16.4. The van der Waals surface area contributed by atoms with Gasteiger partial charge >= 0.3 is 0 Å². The van der Waals surface area contributed by atoms with Crippen LogP contribution in [0.5, 0.6) is 11.5 Å². The number of hydrogen-bond donors (Lipinski definition) is 2. The number of guanidine groups is 1. The lowest BCUT2D eigenvalue weighted by atomic mass is 10.0. The van der Waals surface area contributed by atoms with Crippen LogP contribution in [-0.2, 0) is 0 Å². The maximum atomic E-state index is 5.52. The lowest BCUT2D eigenvalue weighted by Crippen LogP contribution is -2.34. The summed E-state index contributed by atoms with van der Waals surface area (Å²) in [6.45, 7) is 7.91. The minimum atomic E-state index is 0.613. The van der Waals surface area contributed by atoms with Crippen LogP contribution in [-0.4, -0.2) is 33.3 Å². The van der Waals surface area contributed by atoms with Gasteiger partial charge in [0.1, 0.15) is 0 Å². The van der Waals surface area contributed by atoms with Crippen molar-refractivity contribution in [1.29, 1.82) is 0 Å². The first-order valence-electron chi connectivity index (χ1n) is 7.96. The Morgan fingerprint density at radius 1 is 1.18 bits per heavy atom. The van der Waals surface area contributed by atoms with Crippen molar-refractivity contribution in [1.82, 2.24) is 5.32 Å². The highest BCUT2D eigenvalue weighted by Crippen LogP contribution is 2.30. The smallest absolute Gasteiger partial charge is 0.195 e. The quantitative estimate of drug-likeness (QED) is 0.570. The van der Waals surface area contributed by atoms with Crippen LogP contribution >= 0.6 is 0 Å². The second-order valence-electron chi connectivity index (χ2n) is 5.06. The molecular weight excluding hydrogens is 278 g/mol. The summed E-state index contributed by atoms with van der Waals surface area (Å²) in [6, 6.07) is 5.77. The number of nitrogens with zero attached hydrogens (tertiary/aromatic N) is 1. The van der Waals surface area contributed by atoms with Crippen LogP contribution in [0.4, 0.5) is 5.69 Å². The fourth-order valence-corrected chi connectivity index (χ4v) is 2.15. The number of aliphatic imine (C=N–C) groups is 1. The van der Waals surface area contributed by atoms with Crippen molar-refractivity contribution in [3.05, 3.63) is 18.2 Å². The van der Waals surface area contributed by atoms with Gasteiger partial charge in [-0.05, 0) is 25.0 Å². The van der Waals surface area contributed by atoms with Crippen molar-refractivity contribution in [2.75, 3.05) is 32.6 Å². The second-order valence-corrected chi connectivity index (χ2v) is 5.06. The van der Waals surface area contributed by atoms with Gasteiger partial charge in [-0.2, -0.15) is 0 Å². The number of nitrogens with one attached hydrogen (secondary N) is 2. The molecule has 5 heteroatoms. The highest BCUT2D eigenvalue weighted by atomic mass is 16.5. The molecule has 1 rings (SSSR count). The standard InChI is InChI=1S/C17H29N3O2/c1-6-13(7-2)12-19-17(18-4)20-14-9-10-15(22-8-3)16(11-14)21-5/h9-11,13H,6-8,12H2,1-5H3,(H2,18,19,20). The predicted molar refractivity (Wildman–Crippen MR) is 93.2 cm³/mol. The summed E-state index contributed by atoms with van der Waals surface area (Å²) in [4.78, 5) is 4.26. The summed E-state index contributed by atoms with van der Waals surface area (Å²) in [5, 5.41) is 6.64. The lowest BCUT2D eigenvalue weighted by Gasteiger charge is -2.17. The van der Waals surface area contributed by atoms with Gasteiger partial charge in [0.2, 0.25) is 0 Å². The minimum absolute atomic E-state index is 0.613. The van der Waals surface area contributed by atoms with Crippen molar-refractivity contribution in [2.45, 2.75) is 33.6 Å². The third-order valence-corrected chi connectivity index (χ3v) is 3.66. The maximum Gasteiger partial charge on any atom is 0.195 e. The maximum absolute atomic E-state index is 5.52. The first kappa shape index (κ1) is 18.1. The average Bonchev–Trinajstić information content (AvgIpc) is 2.56. The largest absolute Gasteiger partial charge is 0.493 e. The van der Waals surface area contributed by atoms with E-state index in [4.69, 9.17) is 9.47 Å². The van der Waals surface area contributed by atoms with E-state index in [1.807, 2.05) is 25.1 Å². The van der Waals surface area contributed by atoms with E-state index >= 15 is 0 Å². The van der Waals surface area contributed by atoms with Crippen molar-refractivity contribution in [3.8, 4) is 11.5 Å². The predicted octanol–water partition coefficient (Wildman–Crippen LogP) is 3.52. The molecule has 1 aromatic carbocycles. The first-order valence-corrected chi connectivity index (χ1v) is 7.96. The van der Waals surface area contributed by atoms with Gasteiger partial charge in [0.25, 0.3) is 0 Å². The van der Waals surface area contributed by atoms with E-state index in [0.717, 1.165) is 36.8 Å². The Balaban J connectivity index is 2.71. The van der Waals surface area contributed by atoms with E-state index < -0.39 is 0 Å². The van der Waals surface area contributed by atoms with Crippen molar-refractivity contribution < 1.29 is 9.47 Å². The molecular formula is C17H29N3O2. The summed E-state index contributed by atoms with van der Waals surface area (Å²) in [5.74, 6) is 2.88. The van der Waals surface area contributed by atoms with Crippen LogP contribution in [0, 0.1) is 5.92 Å². The molecule has 1 aromatic rings. The van der Waals surface area contributed by atoms with Gasteiger partial charge in [-0.25, -0.2) is 0 Å². The zero-order valence-electron chi connectivity index (χ0n) is 14.4. The van der Waals surface area contributed by atoms with Gasteiger partial charge in [0.05, 0.1) is 13.7 Å². The summed E-state index contributed by atoms with van der Waals surface area (Å²) >= 11 is 0. The molecule has 124 valence electrons. The zero-order valence-corrected chi connectivity index (χ0v) is 14.4. The minimum Gasteiger partial charge on any atom is -0.493 e. The van der Waals surface area contributed by atoms with Gasteiger partial charge in [-0.3, -0.25) is 4.99 Å². The lowest BCUT2D eigenvalue weighted by molar-refractivity contribution is 0.311. The normalized spacial score (nSPS) is 11.5. The number of benzene rings is 1. The van der Waals surface area contributed by atoms with Gasteiger partial charge in [0, 0.05) is 25.3 Å². The third-order valence-electron chi connectivity index (χ3n) is 3.66. The number of ether oxygens (including phenoxy) is 2. The van der Waals surface area contributed by atoms with E-state index in [2.05, 4.69) is 29.5 Å². The van der Waals surface area contributed by atoms with Gasteiger partial charge in [-0.1, -0.05) is 26.7 Å². The molecule has 0 spiro atoms. The molecule has 0 unspecified atom stereocenters. The van der Waals surface area contributed by atoms with Crippen LogP contribution in [0.25, 0.3) is 0 Å². The molecule has 0 fully saturated rings. The van der Waals surface area contributed by atoms with E-state index in [9.17, 15) is 0 Å². The first-order chi connectivity index (χ1) is 10.7. The molecule has 5 nitrogen and oxygen atoms in total. The Morgan fingerprint density at radius 3 is 2.45 bits per heavy atom. The fourth-order valence-electron chi connectivity index (χ4n) is 2.15. The summed E-state index contributed by atoms with van der Waals surface area (Å²) < 4.78 is 10.9. The molecule has 2 N–H and O–H groups in total. The van der Waals surface area contributed by atoms with Crippen LogP contribution in [0.15, 0.2) is 23.2 Å². The molecule has 0 atom stereocenters. The second kappa shape index (κ2) is 9.92. The Kier molecular flexibility index (Phi) is 8.18. The van der Waals surface area contributed by atoms with Crippen molar-refractivity contribution in [2.24, 2.45) is 10.9 Å². The third kappa shape index (κ3) is 5.47. The van der Waals surface area contributed by atoms with E-state index in [1.54, 1.807) is 14.2 Å². The number of hydrogen-bond acceptors (Lipinski definition) is 3. The SMILES string of the molecule is CCOc1ccc(NC(=NC)NCC(CC)CC)cc1OC. The molecule has 0 amide bonds. The summed E-state index contributed by atoms with van der Waals surface area (Å²) in [5.41, 5.74) is 0.915. The number of methoxy groups -OCH3 is 1. The van der Waals surface area contributed by atoms with Crippen LogP contribution in [0.3, 0.4) is 0 Å². The molecule has 0 saturated heterocycles. The molecule has 0 heterocycles. The van der Waals surface area contributed by atoms with E-state index in [1.165, 1.54) is 0 Å². The van der Waals surface area contributed by atoms with Crippen LogP contribution in [0.1, 0.15) is 33.6 Å². The molecule has 0 aliphatic rings. The summed E-state index contributed by atoms with van der Waals surface area (Å²) in [6.07, 6.45) is 2.33. The molecule has 0 aliphatic heterocycles. The van der Waals surface area contributed by atoms with Crippen LogP contribution in [0.2, 0.25) is 0 Å². The van der Waals surface area contributed by atoms with Gasteiger partial charge < -0.3 is 20.1 Å². The van der Waals surface area contributed by atoms with E-state index in [0.29, 0.717) is 18.3 Å². The topological polar surface area (TPSA) is 54.9 Å². The Hall–Kier alpha value is -1.91. The molecule has 22 heavy (non-hydrogen) atoms. The van der Waals surface area contributed by atoms with Crippen molar-refractivity contribution in [3.63, 3.8) is 0 Å². The number of anilines is 1. The molecule has 0 aliphatic carbocycles. The molecule has 0 aromatic heterocycles. The monoisotopic (exact) mass is 307 g/mol. The van der Waals surface area contributed by atoms with Crippen molar-refractivity contribution >= 4 is 11.6 Å². The Bertz CT molecular complexity index is 471. The Labute approximate surface area is 134 Å². The Morgan fingerprint density at radius 2 is 1.91 bits per heavy atom. The average molecular weight is 307 g/mol. The summed E-state index contributed by atoms with van der Waals surface area (Å²) in [7, 11) is 3.41. The highest BCUT2D eigenvalue weighted by Gasteiger charge is 2.08. The highest BCUT2D eigenvalue weighted by molar-refractivity contribution is 5.93. The van der Waals surface area contributed by atoms with Crippen LogP contribution < -0.4 is 20.1 Å². The van der Waals surface area contributed by atoms with E-state index in [-0.39, 0.29) is 0 Å². The molecule has 0 bridgehead atoms. The fraction of sp³-hybridized carbons (Fsp3) is 0.588. The molecule has 0 radical (unpaired) electrons. The number of rotatable bonds is 8. The molecule has 0 saturated carbocycles. The van der Waals surface area contributed by atoms with Gasteiger partial charge in [0.15, 0.2) is 17.5 Å². The van der Waals surface area contributed by atoms with Gasteiger partial charge in [-0.15, -0.1) is 0 Å².